The maximum absolute atomic E-state index is 12.2. The molecule has 0 aliphatic carbocycles. The first kappa shape index (κ1) is 11.7. The van der Waals surface area contributed by atoms with Gasteiger partial charge < -0.3 is 0 Å². The molecule has 96 valence electrons. The molecule has 0 radical (unpaired) electrons. The lowest BCUT2D eigenvalue weighted by molar-refractivity contribution is -0.127. The number of rotatable bonds is 2. The van der Waals surface area contributed by atoms with Gasteiger partial charge in [-0.1, -0.05) is 30.3 Å². The highest BCUT2D eigenvalue weighted by Crippen LogP contribution is 2.32. The maximum Gasteiger partial charge on any atom is 0.307 e. The average molecular weight is 266 g/mol. The van der Waals surface area contributed by atoms with Gasteiger partial charge in [-0.15, -0.1) is 0 Å². The molecule has 1 atom stereocenters. The van der Waals surface area contributed by atoms with Crippen molar-refractivity contribution in [3.63, 3.8) is 0 Å². The summed E-state index contributed by atoms with van der Waals surface area (Å²) in [6.07, 6.45) is 1.41. The van der Waals surface area contributed by atoms with E-state index < -0.39 is 16.3 Å². The summed E-state index contributed by atoms with van der Waals surface area (Å²) in [6, 6.07) is 8.73. The Morgan fingerprint density at radius 2 is 1.94 bits per heavy atom. The van der Waals surface area contributed by atoms with E-state index in [0.717, 1.165) is 16.3 Å². The summed E-state index contributed by atoms with van der Waals surface area (Å²) < 4.78 is 26.8. The summed E-state index contributed by atoms with van der Waals surface area (Å²) in [5.74, 6) is -0.281. The zero-order valence-corrected chi connectivity index (χ0v) is 10.6. The second kappa shape index (κ2) is 4.07. The summed E-state index contributed by atoms with van der Waals surface area (Å²) in [6.45, 7) is 0.596. The molecule has 1 amide bonds. The third-order valence-electron chi connectivity index (χ3n) is 3.48. The van der Waals surface area contributed by atoms with E-state index in [0.29, 0.717) is 13.0 Å². The predicted molar refractivity (Wildman–Crippen MR) is 65.6 cm³/mol. The normalized spacial score (nSPS) is 26.6. The molecule has 1 aromatic carbocycles. The molecule has 18 heavy (non-hydrogen) atoms. The van der Waals surface area contributed by atoms with Gasteiger partial charge in [0.2, 0.25) is 0 Å². The summed E-state index contributed by atoms with van der Waals surface area (Å²) in [5, 5.41) is 0. The monoisotopic (exact) mass is 266 g/mol. The van der Waals surface area contributed by atoms with Crippen molar-refractivity contribution in [1.29, 1.82) is 0 Å². The second-order valence-electron chi connectivity index (χ2n) is 4.61. The van der Waals surface area contributed by atoms with E-state index in [1.807, 2.05) is 30.3 Å². The standard InChI is InChI=1S/C12H14N2O3S/c15-12-11-7-4-8-13(11)18(16,17)14(12)9-10-5-2-1-3-6-10/h1-3,5-6,11H,4,7-9H2/t11-/m0/s1. The fourth-order valence-electron chi connectivity index (χ4n) is 2.58. The SMILES string of the molecule is O=C1[C@@H]2CCCN2S(=O)(=O)N1Cc1ccccc1. The first-order valence-electron chi connectivity index (χ1n) is 5.98. The van der Waals surface area contributed by atoms with E-state index in [1.54, 1.807) is 0 Å². The molecule has 0 spiro atoms. The summed E-state index contributed by atoms with van der Waals surface area (Å²) >= 11 is 0. The molecular weight excluding hydrogens is 252 g/mol. The molecule has 5 nitrogen and oxygen atoms in total. The smallest absolute Gasteiger partial charge is 0.272 e. The van der Waals surface area contributed by atoms with Gasteiger partial charge in [-0.25, -0.2) is 4.31 Å². The Labute approximate surface area is 106 Å². The van der Waals surface area contributed by atoms with E-state index >= 15 is 0 Å². The Morgan fingerprint density at radius 3 is 2.61 bits per heavy atom. The van der Waals surface area contributed by atoms with Crippen LogP contribution in [-0.2, 0) is 21.5 Å². The van der Waals surface area contributed by atoms with Crippen LogP contribution in [0.5, 0.6) is 0 Å². The average Bonchev–Trinajstić information content (AvgIpc) is 2.91. The van der Waals surface area contributed by atoms with Crippen molar-refractivity contribution in [2.75, 3.05) is 6.54 Å². The molecular formula is C12H14N2O3S. The van der Waals surface area contributed by atoms with E-state index in [1.165, 1.54) is 4.31 Å². The highest BCUT2D eigenvalue weighted by atomic mass is 32.2. The quantitative estimate of drug-likeness (QED) is 0.793. The molecule has 1 aromatic rings. The fourth-order valence-corrected chi connectivity index (χ4v) is 4.37. The first-order valence-corrected chi connectivity index (χ1v) is 7.37. The van der Waals surface area contributed by atoms with Crippen LogP contribution in [0.4, 0.5) is 0 Å². The number of hydrogen-bond acceptors (Lipinski definition) is 3. The minimum absolute atomic E-state index is 0.134. The second-order valence-corrected chi connectivity index (χ2v) is 6.41. The highest BCUT2D eigenvalue weighted by Gasteiger charge is 2.52. The summed E-state index contributed by atoms with van der Waals surface area (Å²) in [5.41, 5.74) is 0.829. The van der Waals surface area contributed by atoms with Crippen LogP contribution in [0.25, 0.3) is 0 Å². The van der Waals surface area contributed by atoms with E-state index in [2.05, 4.69) is 0 Å². The van der Waals surface area contributed by atoms with Crippen LogP contribution in [0.3, 0.4) is 0 Å². The van der Waals surface area contributed by atoms with Crippen molar-refractivity contribution in [2.45, 2.75) is 25.4 Å². The van der Waals surface area contributed by atoms with Gasteiger partial charge in [0, 0.05) is 6.54 Å². The van der Waals surface area contributed by atoms with Crippen LogP contribution >= 0.6 is 0 Å². The molecule has 2 aliphatic rings. The molecule has 2 fully saturated rings. The summed E-state index contributed by atoms with van der Waals surface area (Å²) in [4.78, 5) is 12.1. The number of benzene rings is 1. The van der Waals surface area contributed by atoms with Crippen LogP contribution in [0.15, 0.2) is 30.3 Å². The van der Waals surface area contributed by atoms with Crippen molar-refractivity contribution in [2.24, 2.45) is 0 Å². The Morgan fingerprint density at radius 1 is 1.22 bits per heavy atom. The highest BCUT2D eigenvalue weighted by molar-refractivity contribution is 7.87. The number of hydrogen-bond donors (Lipinski definition) is 0. The lowest BCUT2D eigenvalue weighted by Gasteiger charge is -2.17. The molecule has 2 saturated heterocycles. The Kier molecular flexibility index (Phi) is 2.64. The minimum Gasteiger partial charge on any atom is -0.272 e. The minimum atomic E-state index is -3.59. The molecule has 0 aromatic heterocycles. The third-order valence-corrected chi connectivity index (χ3v) is 5.37. The topological polar surface area (TPSA) is 57.7 Å². The van der Waals surface area contributed by atoms with E-state index in [4.69, 9.17) is 0 Å². The number of carbonyl (C=O) groups excluding carboxylic acids is 1. The van der Waals surface area contributed by atoms with E-state index in [-0.39, 0.29) is 12.5 Å². The predicted octanol–water partition coefficient (Wildman–Crippen LogP) is 0.738. The van der Waals surface area contributed by atoms with Crippen molar-refractivity contribution >= 4 is 16.1 Å². The molecule has 2 heterocycles. The molecule has 6 heteroatoms. The largest absolute Gasteiger partial charge is 0.307 e. The molecule has 2 aliphatic heterocycles. The van der Waals surface area contributed by atoms with Gasteiger partial charge in [0.15, 0.2) is 0 Å². The molecule has 0 saturated carbocycles. The van der Waals surface area contributed by atoms with Gasteiger partial charge >= 0.3 is 10.2 Å². The van der Waals surface area contributed by atoms with Gasteiger partial charge in [0.25, 0.3) is 5.91 Å². The number of fused-ring (bicyclic) bond motifs is 1. The summed E-state index contributed by atoms with van der Waals surface area (Å²) in [7, 11) is -3.59. The Balaban J connectivity index is 1.91. The Bertz CT molecular complexity index is 570. The van der Waals surface area contributed by atoms with Crippen LogP contribution in [0.1, 0.15) is 18.4 Å². The first-order chi connectivity index (χ1) is 8.60. The molecule has 0 unspecified atom stereocenters. The van der Waals surface area contributed by atoms with Gasteiger partial charge in [-0.3, -0.25) is 4.79 Å². The molecule has 3 rings (SSSR count). The molecule has 0 bridgehead atoms. The Hall–Kier alpha value is -1.40. The van der Waals surface area contributed by atoms with Gasteiger partial charge in [0.1, 0.15) is 6.04 Å². The number of carbonyl (C=O) groups is 1. The van der Waals surface area contributed by atoms with Crippen molar-refractivity contribution < 1.29 is 13.2 Å². The third kappa shape index (κ3) is 1.64. The van der Waals surface area contributed by atoms with Crippen LogP contribution in [0.2, 0.25) is 0 Å². The van der Waals surface area contributed by atoms with Crippen molar-refractivity contribution in [3.8, 4) is 0 Å². The van der Waals surface area contributed by atoms with Gasteiger partial charge in [0.05, 0.1) is 6.54 Å². The van der Waals surface area contributed by atoms with Gasteiger partial charge in [-0.2, -0.15) is 12.7 Å². The van der Waals surface area contributed by atoms with Crippen molar-refractivity contribution in [1.82, 2.24) is 8.61 Å². The van der Waals surface area contributed by atoms with Crippen molar-refractivity contribution in [3.05, 3.63) is 35.9 Å². The number of amides is 1. The lowest BCUT2D eigenvalue weighted by atomic mass is 10.2. The van der Waals surface area contributed by atoms with Gasteiger partial charge in [-0.05, 0) is 18.4 Å². The fraction of sp³-hybridized carbons (Fsp3) is 0.417. The molecule has 0 N–H and O–H groups in total. The zero-order valence-electron chi connectivity index (χ0n) is 9.82. The number of nitrogens with zero attached hydrogens (tertiary/aromatic N) is 2. The lowest BCUT2D eigenvalue weighted by Crippen LogP contribution is -2.33. The van der Waals surface area contributed by atoms with Crippen LogP contribution in [-0.4, -0.2) is 35.5 Å². The van der Waals surface area contributed by atoms with E-state index in [9.17, 15) is 13.2 Å². The maximum atomic E-state index is 12.2. The van der Waals surface area contributed by atoms with Crippen LogP contribution in [0, 0.1) is 0 Å². The zero-order chi connectivity index (χ0) is 12.8. The van der Waals surface area contributed by atoms with Crippen LogP contribution < -0.4 is 0 Å².